The van der Waals surface area contributed by atoms with Crippen LogP contribution in [0, 0.1) is 0 Å². The van der Waals surface area contributed by atoms with Crippen molar-refractivity contribution in [2.24, 2.45) is 0 Å². The van der Waals surface area contributed by atoms with Crippen LogP contribution in [0.3, 0.4) is 0 Å². The van der Waals surface area contributed by atoms with Crippen molar-refractivity contribution < 1.29 is 49.1 Å². The first-order valence-corrected chi connectivity index (χ1v) is 17.1. The third-order valence-electron chi connectivity index (χ3n) is 9.85. The lowest BCUT2D eigenvalue weighted by molar-refractivity contribution is 0.0681. The van der Waals surface area contributed by atoms with Crippen LogP contribution in [-0.2, 0) is 10.8 Å². The van der Waals surface area contributed by atoms with Gasteiger partial charge in [0.15, 0.2) is 0 Å². The summed E-state index contributed by atoms with van der Waals surface area (Å²) in [6, 6.07) is 22.6. The van der Waals surface area contributed by atoms with Crippen LogP contribution in [0.5, 0.6) is 23.0 Å². The van der Waals surface area contributed by atoms with E-state index in [1.807, 2.05) is 24.3 Å². The van der Waals surface area contributed by atoms with E-state index in [-0.39, 0.29) is 76.9 Å². The van der Waals surface area contributed by atoms with Crippen LogP contribution in [0.4, 0.5) is 0 Å². The van der Waals surface area contributed by atoms with Gasteiger partial charge in [-0.25, -0.2) is 19.2 Å². The lowest BCUT2D eigenvalue weighted by Gasteiger charge is -2.23. The number of carboxylic acids is 4. The lowest BCUT2D eigenvalue weighted by atomic mass is 9.83. The molecule has 0 bridgehead atoms. The minimum absolute atomic E-state index is 0.0446. The fourth-order valence-corrected chi connectivity index (χ4v) is 7.19. The van der Waals surface area contributed by atoms with E-state index in [2.05, 4.69) is 41.5 Å². The standard InChI is InChI=1S/C44H36O10/c1-43(2,3)21-7-11-23(12-8-21)53-31-19-29(41(49)50)33-27(39(45)46)18-16-26-36-32(54-24-13-9-22(10-14-24)44(4,5)6)20-30(42(51)52)34-28(40(47)48)17-15-25(38(34)36)35(31)37(26)33/h7-20H,1-6H3,(H,45,46)(H,47,48)(H,49,50)(H,51,52). The van der Waals surface area contributed by atoms with E-state index in [1.165, 1.54) is 36.4 Å². The Hall–Kier alpha value is -6.68. The number of ether oxygens (including phenoxy) is 2. The van der Waals surface area contributed by atoms with E-state index in [0.717, 1.165) is 11.1 Å². The number of hydrogen-bond acceptors (Lipinski definition) is 6. The van der Waals surface area contributed by atoms with Crippen molar-refractivity contribution in [1.29, 1.82) is 0 Å². The summed E-state index contributed by atoms with van der Waals surface area (Å²) in [6.07, 6.45) is 0. The van der Waals surface area contributed by atoms with Gasteiger partial charge in [0.2, 0.25) is 0 Å². The Balaban J connectivity index is 1.67. The fourth-order valence-electron chi connectivity index (χ4n) is 7.19. The SMILES string of the molecule is CC(C)(C)c1ccc(Oc2cc(C(=O)O)c3c(C(=O)O)ccc4c5c(Oc6ccc(C(C)(C)C)cc6)cc(C(=O)O)c6c(C(=O)O)ccc(c2c34)c65)cc1. The Morgan fingerprint density at radius 3 is 1.00 bits per heavy atom. The molecule has 0 unspecified atom stereocenters. The second-order valence-corrected chi connectivity index (χ2v) is 15.4. The number of rotatable bonds is 8. The van der Waals surface area contributed by atoms with Crippen molar-refractivity contribution in [3.05, 3.63) is 118 Å². The quantitative estimate of drug-likeness (QED) is 0.0874. The van der Waals surface area contributed by atoms with Gasteiger partial charge in [-0.1, -0.05) is 77.9 Å². The van der Waals surface area contributed by atoms with Gasteiger partial charge in [-0.3, -0.25) is 0 Å². The molecule has 7 aromatic rings. The molecule has 0 spiro atoms. The first-order chi connectivity index (χ1) is 25.4. The zero-order chi connectivity index (χ0) is 39.0. The maximum atomic E-state index is 13.0. The van der Waals surface area contributed by atoms with Crippen LogP contribution >= 0.6 is 0 Å². The molecule has 7 aromatic carbocycles. The minimum Gasteiger partial charge on any atom is -0.478 e. The highest BCUT2D eigenvalue weighted by Crippen LogP contribution is 2.51. The summed E-state index contributed by atoms with van der Waals surface area (Å²) in [4.78, 5) is 51.3. The number of fused-ring (bicyclic) bond motifs is 2. The van der Waals surface area contributed by atoms with Crippen molar-refractivity contribution in [3.63, 3.8) is 0 Å². The summed E-state index contributed by atoms with van der Waals surface area (Å²) in [5.74, 6) is -4.73. The predicted molar refractivity (Wildman–Crippen MR) is 206 cm³/mol. The molecule has 272 valence electrons. The second kappa shape index (κ2) is 12.5. The van der Waals surface area contributed by atoms with Crippen molar-refractivity contribution >= 4 is 67.0 Å². The third-order valence-corrected chi connectivity index (χ3v) is 9.85. The van der Waals surface area contributed by atoms with Crippen molar-refractivity contribution in [3.8, 4) is 23.0 Å². The normalized spacial score (nSPS) is 12.1. The Morgan fingerprint density at radius 1 is 0.407 bits per heavy atom. The third kappa shape index (κ3) is 5.85. The van der Waals surface area contributed by atoms with Gasteiger partial charge in [-0.15, -0.1) is 0 Å². The van der Waals surface area contributed by atoms with Crippen LogP contribution in [0.15, 0.2) is 84.9 Å². The molecule has 0 aliphatic rings. The van der Waals surface area contributed by atoms with Crippen LogP contribution in [-0.4, -0.2) is 44.3 Å². The maximum Gasteiger partial charge on any atom is 0.336 e. The molecule has 0 saturated carbocycles. The molecule has 0 amide bonds. The monoisotopic (exact) mass is 724 g/mol. The summed E-state index contributed by atoms with van der Waals surface area (Å²) < 4.78 is 12.9. The number of benzene rings is 7. The number of carboxylic acid groups (broad SMARTS) is 4. The predicted octanol–water partition coefficient (Wildman–Crippen LogP) is 10.7. The first kappa shape index (κ1) is 35.7. The molecule has 0 fully saturated rings. The molecule has 10 nitrogen and oxygen atoms in total. The van der Waals surface area contributed by atoms with Gasteiger partial charge in [-0.2, -0.15) is 0 Å². The van der Waals surface area contributed by atoms with Gasteiger partial charge in [-0.05, 0) is 81.3 Å². The summed E-state index contributed by atoms with van der Waals surface area (Å²) >= 11 is 0. The highest BCUT2D eigenvalue weighted by Gasteiger charge is 2.30. The Kier molecular flexibility index (Phi) is 8.25. The van der Waals surface area contributed by atoms with Gasteiger partial charge in [0.05, 0.1) is 22.3 Å². The molecule has 0 aliphatic heterocycles. The van der Waals surface area contributed by atoms with Crippen molar-refractivity contribution in [1.82, 2.24) is 0 Å². The summed E-state index contributed by atoms with van der Waals surface area (Å²) in [5.41, 5.74) is 0.493. The lowest BCUT2D eigenvalue weighted by Crippen LogP contribution is -2.10. The number of hydrogen-bond donors (Lipinski definition) is 4. The van der Waals surface area contributed by atoms with Crippen LogP contribution in [0.25, 0.3) is 43.1 Å². The van der Waals surface area contributed by atoms with Gasteiger partial charge in [0.1, 0.15) is 23.0 Å². The van der Waals surface area contributed by atoms with E-state index in [4.69, 9.17) is 9.47 Å². The Labute approximate surface area is 309 Å². The molecule has 0 aromatic heterocycles. The molecular weight excluding hydrogens is 688 g/mol. The van der Waals surface area contributed by atoms with Crippen LogP contribution < -0.4 is 9.47 Å². The van der Waals surface area contributed by atoms with Gasteiger partial charge in [0.25, 0.3) is 0 Å². The smallest absolute Gasteiger partial charge is 0.336 e. The zero-order valence-corrected chi connectivity index (χ0v) is 30.3. The largest absolute Gasteiger partial charge is 0.478 e. The topological polar surface area (TPSA) is 168 Å². The van der Waals surface area contributed by atoms with E-state index in [1.54, 1.807) is 24.3 Å². The summed E-state index contributed by atoms with van der Waals surface area (Å²) in [5, 5.41) is 43.2. The summed E-state index contributed by atoms with van der Waals surface area (Å²) in [6.45, 7) is 12.4. The zero-order valence-electron chi connectivity index (χ0n) is 30.3. The summed E-state index contributed by atoms with van der Waals surface area (Å²) in [7, 11) is 0. The van der Waals surface area contributed by atoms with Crippen molar-refractivity contribution in [2.45, 2.75) is 52.4 Å². The van der Waals surface area contributed by atoms with E-state index in [9.17, 15) is 39.6 Å². The molecule has 0 aliphatic carbocycles. The van der Waals surface area contributed by atoms with Crippen molar-refractivity contribution in [2.75, 3.05) is 0 Å². The first-order valence-electron chi connectivity index (χ1n) is 17.1. The fraction of sp³-hybridized carbons (Fsp3) is 0.182. The molecular formula is C44H36O10. The minimum atomic E-state index is -1.40. The van der Waals surface area contributed by atoms with E-state index < -0.39 is 23.9 Å². The van der Waals surface area contributed by atoms with E-state index in [0.29, 0.717) is 22.3 Å². The van der Waals surface area contributed by atoms with Crippen LogP contribution in [0.1, 0.15) is 94.1 Å². The Morgan fingerprint density at radius 2 is 0.722 bits per heavy atom. The molecule has 0 atom stereocenters. The van der Waals surface area contributed by atoms with Crippen LogP contribution in [0.2, 0.25) is 0 Å². The Bertz CT molecular complexity index is 2520. The second-order valence-electron chi connectivity index (χ2n) is 15.4. The highest BCUT2D eigenvalue weighted by molar-refractivity contribution is 6.40. The average molecular weight is 725 g/mol. The van der Waals surface area contributed by atoms with Gasteiger partial charge in [0, 0.05) is 32.3 Å². The highest BCUT2D eigenvalue weighted by atomic mass is 16.5. The number of aromatic carboxylic acids is 4. The molecule has 0 heterocycles. The molecule has 4 N–H and O–H groups in total. The van der Waals surface area contributed by atoms with Gasteiger partial charge < -0.3 is 29.9 Å². The molecule has 0 radical (unpaired) electrons. The van der Waals surface area contributed by atoms with Gasteiger partial charge >= 0.3 is 23.9 Å². The molecule has 0 saturated heterocycles. The van der Waals surface area contributed by atoms with E-state index >= 15 is 0 Å². The average Bonchev–Trinajstić information content (AvgIpc) is 3.09. The molecule has 7 rings (SSSR count). The maximum absolute atomic E-state index is 13.0. The molecule has 10 heteroatoms. The number of carbonyl (C=O) groups is 4. The molecule has 54 heavy (non-hydrogen) atoms.